The van der Waals surface area contributed by atoms with Gasteiger partial charge in [-0.25, -0.2) is 12.1 Å². The molecular formula is C5H5Ce-. The molecular weight excluding hydrogens is 200 g/mol. The SMILES string of the molecule is [Ce].c1cc[cH-]c1. The van der Waals surface area contributed by atoms with Gasteiger partial charge in [0.15, 0.2) is 0 Å². The van der Waals surface area contributed by atoms with Crippen LogP contribution in [0, 0.1) is 41.7 Å². The first kappa shape index (κ1) is 6.73. The molecule has 0 aliphatic heterocycles. The van der Waals surface area contributed by atoms with Gasteiger partial charge in [-0.05, 0) is 0 Å². The Labute approximate surface area is 71.3 Å². The number of rotatable bonds is 0. The van der Waals surface area contributed by atoms with Gasteiger partial charge in [-0.3, -0.25) is 0 Å². The summed E-state index contributed by atoms with van der Waals surface area (Å²) in [5, 5.41) is 0. The van der Waals surface area contributed by atoms with Crippen molar-refractivity contribution >= 4 is 0 Å². The molecule has 0 unspecified atom stereocenters. The molecule has 0 saturated carbocycles. The van der Waals surface area contributed by atoms with E-state index in [4.69, 9.17) is 0 Å². The van der Waals surface area contributed by atoms with E-state index in [9.17, 15) is 0 Å². The molecule has 0 aliphatic rings. The monoisotopic (exact) mass is 205 g/mol. The van der Waals surface area contributed by atoms with Gasteiger partial charge in [-0.2, -0.15) is 18.2 Å². The van der Waals surface area contributed by atoms with Crippen molar-refractivity contribution < 1.29 is 41.7 Å². The van der Waals surface area contributed by atoms with Gasteiger partial charge in [0.1, 0.15) is 0 Å². The second-order valence-corrected chi connectivity index (χ2v) is 0.962. The summed E-state index contributed by atoms with van der Waals surface area (Å²) in [6, 6.07) is 10.0. The van der Waals surface area contributed by atoms with Crippen LogP contribution in [0.5, 0.6) is 0 Å². The Balaban J connectivity index is 0.000000250. The zero-order valence-electron chi connectivity index (χ0n) is 3.39. The topological polar surface area (TPSA) is 0 Å². The maximum absolute atomic E-state index is 2.00. The summed E-state index contributed by atoms with van der Waals surface area (Å²) in [6.45, 7) is 0. The largest absolute Gasteiger partial charge is 0.214 e. The second kappa shape index (κ2) is 3.90. The fraction of sp³-hybridized carbons (Fsp3) is 0. The molecule has 0 atom stereocenters. The third-order valence-corrected chi connectivity index (χ3v) is 0.556. The molecule has 30 valence electrons. The van der Waals surface area contributed by atoms with Gasteiger partial charge in [0.25, 0.3) is 0 Å². The Bertz CT molecular complexity index is 60.4. The fourth-order valence-corrected chi connectivity index (χ4v) is 0.321. The molecule has 1 heteroatoms. The van der Waals surface area contributed by atoms with E-state index in [1.165, 1.54) is 0 Å². The minimum Gasteiger partial charge on any atom is -0.214 e. The van der Waals surface area contributed by atoms with Crippen LogP contribution in [0.25, 0.3) is 0 Å². The minimum absolute atomic E-state index is 0. The van der Waals surface area contributed by atoms with Crippen LogP contribution in [0.1, 0.15) is 0 Å². The zero-order chi connectivity index (χ0) is 3.54. The Morgan fingerprint density at radius 2 is 1.50 bits per heavy atom. The molecule has 0 aromatic heterocycles. The molecule has 0 radical (unpaired) electrons. The predicted molar refractivity (Wildman–Crippen MR) is 22.0 cm³/mol. The van der Waals surface area contributed by atoms with Crippen molar-refractivity contribution in [3.8, 4) is 0 Å². The van der Waals surface area contributed by atoms with E-state index in [2.05, 4.69) is 0 Å². The van der Waals surface area contributed by atoms with Crippen molar-refractivity contribution in [2.75, 3.05) is 0 Å². The summed E-state index contributed by atoms with van der Waals surface area (Å²) in [7, 11) is 0. The van der Waals surface area contributed by atoms with Crippen molar-refractivity contribution in [1.29, 1.82) is 0 Å². The van der Waals surface area contributed by atoms with Crippen molar-refractivity contribution in [3.05, 3.63) is 30.3 Å². The van der Waals surface area contributed by atoms with E-state index >= 15 is 0 Å². The summed E-state index contributed by atoms with van der Waals surface area (Å²) in [6.07, 6.45) is 0. The van der Waals surface area contributed by atoms with Crippen LogP contribution in [-0.4, -0.2) is 0 Å². The van der Waals surface area contributed by atoms with Crippen molar-refractivity contribution in [2.45, 2.75) is 0 Å². The van der Waals surface area contributed by atoms with Crippen LogP contribution in [0.4, 0.5) is 0 Å². The molecule has 6 heavy (non-hydrogen) atoms. The van der Waals surface area contributed by atoms with E-state index < -0.39 is 0 Å². The molecule has 0 heterocycles. The van der Waals surface area contributed by atoms with Crippen LogP contribution in [0.2, 0.25) is 0 Å². The predicted octanol–water partition coefficient (Wildman–Crippen LogP) is 1.41. The van der Waals surface area contributed by atoms with Gasteiger partial charge in [0.2, 0.25) is 0 Å². The summed E-state index contributed by atoms with van der Waals surface area (Å²) in [5.74, 6) is 0. The Morgan fingerprint density at radius 3 is 1.67 bits per heavy atom. The smallest absolute Gasteiger partial charge is 0 e. The van der Waals surface area contributed by atoms with E-state index in [0.717, 1.165) is 0 Å². The first-order valence-corrected chi connectivity index (χ1v) is 1.67. The number of hydrogen-bond acceptors (Lipinski definition) is 0. The molecule has 1 rings (SSSR count). The molecule has 1 aromatic rings. The van der Waals surface area contributed by atoms with Crippen molar-refractivity contribution in [2.24, 2.45) is 0 Å². The summed E-state index contributed by atoms with van der Waals surface area (Å²) < 4.78 is 0. The third-order valence-electron chi connectivity index (χ3n) is 0.556. The normalized spacial score (nSPS) is 6.67. The maximum Gasteiger partial charge on any atom is 0 e. The van der Waals surface area contributed by atoms with E-state index in [-0.39, 0.29) is 41.7 Å². The fourth-order valence-electron chi connectivity index (χ4n) is 0.321. The van der Waals surface area contributed by atoms with Crippen molar-refractivity contribution in [3.63, 3.8) is 0 Å². The van der Waals surface area contributed by atoms with E-state index in [0.29, 0.717) is 0 Å². The number of hydrogen-bond donors (Lipinski definition) is 0. The molecule has 0 bridgehead atoms. The van der Waals surface area contributed by atoms with E-state index in [1.807, 2.05) is 30.3 Å². The van der Waals surface area contributed by atoms with Crippen LogP contribution >= 0.6 is 0 Å². The minimum atomic E-state index is 0. The third kappa shape index (κ3) is 2.00. The molecule has 1 aromatic carbocycles. The zero-order valence-corrected chi connectivity index (χ0v) is 6.53. The summed E-state index contributed by atoms with van der Waals surface area (Å²) in [4.78, 5) is 0. The van der Waals surface area contributed by atoms with Gasteiger partial charge < -0.3 is 0 Å². The molecule has 0 nitrogen and oxygen atoms in total. The molecule has 0 fully saturated rings. The molecule has 0 N–H and O–H groups in total. The average molecular weight is 205 g/mol. The van der Waals surface area contributed by atoms with Crippen LogP contribution in [0.3, 0.4) is 0 Å². The van der Waals surface area contributed by atoms with Gasteiger partial charge in [-0.1, -0.05) is 0 Å². The molecule has 0 aliphatic carbocycles. The maximum atomic E-state index is 2.00. The molecule has 0 spiro atoms. The summed E-state index contributed by atoms with van der Waals surface area (Å²) in [5.41, 5.74) is 0. The van der Waals surface area contributed by atoms with Gasteiger partial charge in [0.05, 0.1) is 0 Å². The van der Waals surface area contributed by atoms with E-state index in [1.54, 1.807) is 0 Å². The summed E-state index contributed by atoms with van der Waals surface area (Å²) >= 11 is 0. The first-order chi connectivity index (χ1) is 2.50. The quantitative estimate of drug-likeness (QED) is 0.562. The first-order valence-electron chi connectivity index (χ1n) is 1.67. The Morgan fingerprint density at radius 1 is 1.00 bits per heavy atom. The van der Waals surface area contributed by atoms with Crippen LogP contribution < -0.4 is 0 Å². The van der Waals surface area contributed by atoms with Gasteiger partial charge in [-0.15, -0.1) is 0 Å². The average Bonchev–Trinajstić information content (AvgIpc) is 1.76. The Kier molecular flexibility index (Phi) is 4.37. The molecule has 0 amide bonds. The van der Waals surface area contributed by atoms with Crippen LogP contribution in [0.15, 0.2) is 30.3 Å². The molecule has 0 saturated heterocycles. The van der Waals surface area contributed by atoms with Crippen LogP contribution in [-0.2, 0) is 0 Å². The van der Waals surface area contributed by atoms with Gasteiger partial charge >= 0.3 is 0 Å². The Hall–Kier alpha value is 0.727. The second-order valence-electron chi connectivity index (χ2n) is 0.962. The van der Waals surface area contributed by atoms with Crippen molar-refractivity contribution in [1.82, 2.24) is 0 Å². The van der Waals surface area contributed by atoms with Gasteiger partial charge in [0, 0.05) is 41.7 Å². The standard InChI is InChI=1S/C5H5.Ce/c1-2-4-5-3-1;/h1-5H;/q-1;.